The average molecular weight is 343 g/mol. The van der Waals surface area contributed by atoms with E-state index in [9.17, 15) is 9.59 Å². The lowest BCUT2D eigenvalue weighted by Crippen LogP contribution is -2.20. The fourth-order valence-corrected chi connectivity index (χ4v) is 2.33. The maximum absolute atomic E-state index is 12.1. The molecule has 2 rings (SSSR count). The van der Waals surface area contributed by atoms with Crippen LogP contribution in [0.5, 0.6) is 0 Å². The summed E-state index contributed by atoms with van der Waals surface area (Å²) in [5.41, 5.74) is 4.03. The van der Waals surface area contributed by atoms with Crippen LogP contribution < -0.4 is 10.6 Å². The highest BCUT2D eigenvalue weighted by atomic mass is 35.5. The number of carbonyl (C=O) groups is 2. The van der Waals surface area contributed by atoms with E-state index < -0.39 is 0 Å². The minimum absolute atomic E-state index is 0.314. The summed E-state index contributed by atoms with van der Waals surface area (Å²) in [7, 11) is 1.52. The summed E-state index contributed by atoms with van der Waals surface area (Å²) in [6, 6.07) is 10.7. The van der Waals surface area contributed by atoms with Gasteiger partial charge in [0, 0.05) is 18.1 Å². The Morgan fingerprint density at radius 2 is 1.79 bits per heavy atom. The Kier molecular flexibility index (Phi) is 5.77. The zero-order valence-electron chi connectivity index (χ0n) is 13.8. The average Bonchev–Trinajstić information content (AvgIpc) is 2.56. The number of benzene rings is 2. The highest BCUT2D eigenvalue weighted by Crippen LogP contribution is 2.21. The van der Waals surface area contributed by atoms with Crippen LogP contribution in [-0.4, -0.2) is 18.9 Å². The van der Waals surface area contributed by atoms with E-state index in [1.807, 2.05) is 32.0 Å². The molecule has 0 heterocycles. The van der Waals surface area contributed by atoms with Crippen LogP contribution >= 0.6 is 11.6 Å². The molecule has 24 heavy (non-hydrogen) atoms. The van der Waals surface area contributed by atoms with E-state index in [2.05, 4.69) is 10.6 Å². The number of carbonyl (C=O) groups excluding carboxylic acids is 2. The van der Waals surface area contributed by atoms with Gasteiger partial charge in [-0.05, 0) is 54.8 Å². The van der Waals surface area contributed by atoms with Gasteiger partial charge < -0.3 is 10.6 Å². The number of anilines is 1. The van der Waals surface area contributed by atoms with Crippen molar-refractivity contribution in [2.75, 3.05) is 12.4 Å². The lowest BCUT2D eigenvalue weighted by molar-refractivity contribution is -0.111. The molecule has 0 aromatic heterocycles. The third-order valence-corrected chi connectivity index (χ3v) is 3.90. The molecular formula is C19H19ClN2O2. The normalized spacial score (nSPS) is 10.7. The van der Waals surface area contributed by atoms with Crippen LogP contribution in [0.25, 0.3) is 6.08 Å². The smallest absolute Gasteiger partial charge is 0.253 e. The summed E-state index contributed by atoms with van der Waals surface area (Å²) in [5.74, 6) is -0.633. The lowest BCUT2D eigenvalue weighted by atomic mass is 10.1. The minimum Gasteiger partial charge on any atom is -0.355 e. The Morgan fingerprint density at radius 1 is 1.04 bits per heavy atom. The van der Waals surface area contributed by atoms with E-state index >= 15 is 0 Å². The molecule has 0 aliphatic heterocycles. The zero-order valence-corrected chi connectivity index (χ0v) is 14.6. The van der Waals surface area contributed by atoms with E-state index in [1.165, 1.54) is 24.8 Å². The first-order chi connectivity index (χ1) is 11.4. The fraction of sp³-hybridized carbons (Fsp3) is 0.158. The second-order valence-electron chi connectivity index (χ2n) is 5.44. The van der Waals surface area contributed by atoms with Crippen LogP contribution in [-0.2, 0) is 4.79 Å². The van der Waals surface area contributed by atoms with E-state index in [1.54, 1.807) is 18.2 Å². The molecular weight excluding hydrogens is 324 g/mol. The molecule has 0 atom stereocenters. The van der Waals surface area contributed by atoms with Gasteiger partial charge >= 0.3 is 0 Å². The molecule has 0 saturated heterocycles. The van der Waals surface area contributed by atoms with Crippen LogP contribution in [0.2, 0.25) is 5.02 Å². The molecule has 124 valence electrons. The van der Waals surface area contributed by atoms with Gasteiger partial charge in [-0.1, -0.05) is 29.8 Å². The first-order valence-corrected chi connectivity index (χ1v) is 7.86. The Balaban J connectivity index is 2.16. The van der Waals surface area contributed by atoms with Crippen LogP contribution in [0.1, 0.15) is 27.0 Å². The molecule has 2 aromatic rings. The van der Waals surface area contributed by atoms with Gasteiger partial charge in [0.2, 0.25) is 5.91 Å². The number of hydrogen-bond donors (Lipinski definition) is 2. The standard InChI is InChI=1S/C19H19ClN2O2/c1-12-4-5-14(10-13(12)2)6-9-18(23)22-17-8-7-15(20)11-16(17)19(24)21-3/h4-11H,1-3H3,(H,21,24)(H,22,23)/b9-6+. The van der Waals surface area contributed by atoms with Gasteiger partial charge in [0.25, 0.3) is 5.91 Å². The molecule has 2 amide bonds. The van der Waals surface area contributed by atoms with Crippen molar-refractivity contribution in [3.05, 3.63) is 69.8 Å². The van der Waals surface area contributed by atoms with Crippen LogP contribution in [0.3, 0.4) is 0 Å². The monoisotopic (exact) mass is 342 g/mol. The summed E-state index contributed by atoms with van der Waals surface area (Å²) < 4.78 is 0. The maximum atomic E-state index is 12.1. The molecule has 0 aliphatic carbocycles. The Bertz CT molecular complexity index is 813. The second kappa shape index (κ2) is 7.79. The molecule has 4 nitrogen and oxygen atoms in total. The summed E-state index contributed by atoms with van der Waals surface area (Å²) in [5, 5.41) is 5.66. The molecule has 0 radical (unpaired) electrons. The fourth-order valence-electron chi connectivity index (χ4n) is 2.16. The predicted molar refractivity (Wildman–Crippen MR) is 98.4 cm³/mol. The molecule has 0 aliphatic rings. The third kappa shape index (κ3) is 4.46. The lowest BCUT2D eigenvalue weighted by Gasteiger charge is -2.09. The molecule has 2 N–H and O–H groups in total. The zero-order chi connectivity index (χ0) is 17.7. The van der Waals surface area contributed by atoms with Gasteiger partial charge in [0.05, 0.1) is 11.3 Å². The number of amides is 2. The van der Waals surface area contributed by atoms with E-state index in [4.69, 9.17) is 11.6 Å². The minimum atomic E-state index is -0.319. The molecule has 2 aromatic carbocycles. The largest absolute Gasteiger partial charge is 0.355 e. The highest BCUT2D eigenvalue weighted by Gasteiger charge is 2.12. The van der Waals surface area contributed by atoms with Gasteiger partial charge in [-0.3, -0.25) is 9.59 Å². The van der Waals surface area contributed by atoms with Gasteiger partial charge in [0.15, 0.2) is 0 Å². The number of hydrogen-bond acceptors (Lipinski definition) is 2. The van der Waals surface area contributed by atoms with Crippen molar-refractivity contribution in [1.82, 2.24) is 5.32 Å². The van der Waals surface area contributed by atoms with Crippen LogP contribution in [0.4, 0.5) is 5.69 Å². The molecule has 0 bridgehead atoms. The second-order valence-corrected chi connectivity index (χ2v) is 5.87. The summed E-state index contributed by atoms with van der Waals surface area (Å²) in [6.45, 7) is 4.06. The molecule has 0 saturated carbocycles. The summed E-state index contributed by atoms with van der Waals surface area (Å²) in [6.07, 6.45) is 3.17. The number of aryl methyl sites for hydroxylation is 2. The highest BCUT2D eigenvalue weighted by molar-refractivity contribution is 6.31. The number of rotatable bonds is 4. The molecule has 0 spiro atoms. The molecule has 0 unspecified atom stereocenters. The van der Waals surface area contributed by atoms with Crippen molar-refractivity contribution >= 4 is 35.2 Å². The first-order valence-electron chi connectivity index (χ1n) is 7.48. The first kappa shape index (κ1) is 17.8. The van der Waals surface area contributed by atoms with Crippen molar-refractivity contribution in [3.8, 4) is 0 Å². The summed E-state index contributed by atoms with van der Waals surface area (Å²) >= 11 is 5.92. The molecule has 5 heteroatoms. The Morgan fingerprint density at radius 3 is 2.46 bits per heavy atom. The van der Waals surface area contributed by atoms with E-state index in [-0.39, 0.29) is 11.8 Å². The predicted octanol–water partition coefficient (Wildman–Crippen LogP) is 3.97. The topological polar surface area (TPSA) is 58.2 Å². The van der Waals surface area contributed by atoms with E-state index in [0.29, 0.717) is 16.3 Å². The maximum Gasteiger partial charge on any atom is 0.253 e. The van der Waals surface area contributed by atoms with Crippen molar-refractivity contribution in [3.63, 3.8) is 0 Å². The SMILES string of the molecule is CNC(=O)c1cc(Cl)ccc1NC(=O)/C=C/c1ccc(C)c(C)c1. The van der Waals surface area contributed by atoms with Gasteiger partial charge in [-0.15, -0.1) is 0 Å². The Hall–Kier alpha value is -2.59. The van der Waals surface area contributed by atoms with Crippen LogP contribution in [0, 0.1) is 13.8 Å². The van der Waals surface area contributed by atoms with Crippen molar-refractivity contribution < 1.29 is 9.59 Å². The molecule has 0 fully saturated rings. The van der Waals surface area contributed by atoms with Crippen molar-refractivity contribution in [2.24, 2.45) is 0 Å². The number of nitrogens with one attached hydrogen (secondary N) is 2. The number of halogens is 1. The summed E-state index contributed by atoms with van der Waals surface area (Å²) in [4.78, 5) is 24.0. The van der Waals surface area contributed by atoms with Gasteiger partial charge in [0.1, 0.15) is 0 Å². The van der Waals surface area contributed by atoms with E-state index in [0.717, 1.165) is 11.1 Å². The quantitative estimate of drug-likeness (QED) is 0.826. The van der Waals surface area contributed by atoms with Gasteiger partial charge in [-0.2, -0.15) is 0 Å². The Labute approximate surface area is 146 Å². The van der Waals surface area contributed by atoms with Crippen molar-refractivity contribution in [1.29, 1.82) is 0 Å². The third-order valence-electron chi connectivity index (χ3n) is 3.67. The van der Waals surface area contributed by atoms with Gasteiger partial charge in [-0.25, -0.2) is 0 Å². The van der Waals surface area contributed by atoms with Crippen molar-refractivity contribution in [2.45, 2.75) is 13.8 Å². The van der Waals surface area contributed by atoms with Crippen LogP contribution in [0.15, 0.2) is 42.5 Å².